The molecule has 12 heteroatoms. The summed E-state index contributed by atoms with van der Waals surface area (Å²) in [6.45, 7) is 2.26. The van der Waals surface area contributed by atoms with Crippen molar-refractivity contribution in [2.45, 2.75) is 75.9 Å². The molecule has 0 spiro atoms. The Morgan fingerprint density at radius 3 is 2.69 bits per heavy atom. The van der Waals surface area contributed by atoms with Crippen molar-refractivity contribution in [3.05, 3.63) is 28.3 Å². The van der Waals surface area contributed by atoms with Crippen LogP contribution in [0, 0.1) is 5.95 Å². The first-order valence-corrected chi connectivity index (χ1v) is 13.2. The van der Waals surface area contributed by atoms with Crippen molar-refractivity contribution in [3.63, 3.8) is 0 Å². The molecule has 7 nitrogen and oxygen atoms in total. The average Bonchev–Trinajstić information content (AvgIpc) is 3.28. The standard InChI is InChI=1S/C24H33F4N5O2S/c1-23(26,27)15-35-22-30-18-5-10-33(11-6-19(18)36-22)12-9-24(28)7-3-17(4-8-24)29-20(34)13-16-14-32(2)31-21(16)25/h14,17H,3-13,15H2,1-2H3,(H,29,34). The summed E-state index contributed by atoms with van der Waals surface area (Å²) in [4.78, 5) is 19.9. The molecule has 1 aliphatic carbocycles. The van der Waals surface area contributed by atoms with Crippen LogP contribution in [0.15, 0.2) is 6.20 Å². The lowest BCUT2D eigenvalue weighted by Gasteiger charge is -2.35. The zero-order chi connectivity index (χ0) is 25.9. The Morgan fingerprint density at radius 2 is 2.03 bits per heavy atom. The van der Waals surface area contributed by atoms with Gasteiger partial charge in [-0.15, -0.1) is 5.10 Å². The zero-order valence-electron chi connectivity index (χ0n) is 20.7. The Kier molecular flexibility index (Phi) is 8.23. The van der Waals surface area contributed by atoms with E-state index in [1.54, 1.807) is 7.05 Å². The Hall–Kier alpha value is -2.21. The van der Waals surface area contributed by atoms with Crippen LogP contribution in [-0.2, 0) is 31.1 Å². The van der Waals surface area contributed by atoms with Crippen LogP contribution in [0.4, 0.5) is 17.6 Å². The minimum absolute atomic E-state index is 0.0784. The fourth-order valence-corrected chi connectivity index (χ4v) is 5.77. The summed E-state index contributed by atoms with van der Waals surface area (Å²) in [5.41, 5.74) is -0.133. The van der Waals surface area contributed by atoms with Crippen LogP contribution in [0.1, 0.15) is 55.2 Å². The molecule has 1 fully saturated rings. The van der Waals surface area contributed by atoms with Gasteiger partial charge in [0, 0.05) is 62.7 Å². The highest BCUT2D eigenvalue weighted by Crippen LogP contribution is 2.36. The van der Waals surface area contributed by atoms with Gasteiger partial charge in [0.15, 0.2) is 6.61 Å². The number of thiazole rings is 1. The molecule has 0 bridgehead atoms. The molecule has 1 aliphatic heterocycles. The van der Waals surface area contributed by atoms with E-state index in [2.05, 4.69) is 20.3 Å². The number of carbonyl (C=O) groups excluding carboxylic acids is 1. The van der Waals surface area contributed by atoms with Gasteiger partial charge in [0.25, 0.3) is 11.1 Å². The Bertz CT molecular complexity index is 1020. The van der Waals surface area contributed by atoms with Crippen molar-refractivity contribution < 1.29 is 27.1 Å². The summed E-state index contributed by atoms with van der Waals surface area (Å²) in [6.07, 6.45) is 5.13. The van der Waals surface area contributed by atoms with Crippen LogP contribution in [0.3, 0.4) is 0 Å². The van der Waals surface area contributed by atoms with E-state index in [0.717, 1.165) is 37.0 Å². The summed E-state index contributed by atoms with van der Waals surface area (Å²) < 4.78 is 61.7. The van der Waals surface area contributed by atoms with Crippen molar-refractivity contribution in [2.24, 2.45) is 7.05 Å². The molecule has 2 aromatic rings. The summed E-state index contributed by atoms with van der Waals surface area (Å²) in [6, 6.07) is -0.106. The molecule has 0 saturated heterocycles. The van der Waals surface area contributed by atoms with Gasteiger partial charge in [-0.3, -0.25) is 9.48 Å². The SMILES string of the molecule is Cn1cc(CC(=O)NC2CCC(F)(CCN3CCc4nc(OCC(C)(F)F)sc4CC3)CC2)c(F)n1. The first-order chi connectivity index (χ1) is 17.0. The summed E-state index contributed by atoms with van der Waals surface area (Å²) >= 11 is 1.32. The third kappa shape index (κ3) is 7.41. The maximum absolute atomic E-state index is 15.5. The van der Waals surface area contributed by atoms with Gasteiger partial charge < -0.3 is 15.0 Å². The molecule has 1 saturated carbocycles. The van der Waals surface area contributed by atoms with Crippen molar-refractivity contribution in [1.29, 1.82) is 0 Å². The molecule has 1 N–H and O–H groups in total. The monoisotopic (exact) mass is 531 g/mol. The van der Waals surface area contributed by atoms with E-state index in [1.807, 2.05) is 0 Å². The van der Waals surface area contributed by atoms with E-state index < -0.39 is 24.1 Å². The van der Waals surface area contributed by atoms with Gasteiger partial charge in [-0.25, -0.2) is 18.2 Å². The summed E-state index contributed by atoms with van der Waals surface area (Å²) in [5, 5.41) is 6.80. The number of halogens is 4. The Labute approximate surface area is 212 Å². The maximum atomic E-state index is 15.5. The Balaban J connectivity index is 1.18. The number of fused-ring (bicyclic) bond motifs is 1. The van der Waals surface area contributed by atoms with E-state index in [9.17, 15) is 18.0 Å². The van der Waals surface area contributed by atoms with Crippen molar-refractivity contribution in [3.8, 4) is 5.19 Å². The number of aromatic nitrogens is 3. The molecule has 200 valence electrons. The molecule has 4 rings (SSSR count). The highest BCUT2D eigenvalue weighted by molar-refractivity contribution is 7.13. The van der Waals surface area contributed by atoms with Crippen LogP contribution in [0.2, 0.25) is 0 Å². The number of rotatable bonds is 9. The van der Waals surface area contributed by atoms with Gasteiger partial charge in [0.2, 0.25) is 11.9 Å². The fourth-order valence-electron chi connectivity index (χ4n) is 4.83. The predicted octanol–water partition coefficient (Wildman–Crippen LogP) is 3.85. The van der Waals surface area contributed by atoms with Crippen molar-refractivity contribution >= 4 is 17.2 Å². The molecule has 0 atom stereocenters. The molecule has 0 aromatic carbocycles. The zero-order valence-corrected chi connectivity index (χ0v) is 21.5. The maximum Gasteiger partial charge on any atom is 0.278 e. The van der Waals surface area contributed by atoms with Gasteiger partial charge in [0.1, 0.15) is 5.67 Å². The highest BCUT2D eigenvalue weighted by atomic mass is 32.1. The number of amides is 1. The van der Waals surface area contributed by atoms with Crippen molar-refractivity contribution in [1.82, 2.24) is 25.0 Å². The molecule has 2 aliphatic rings. The van der Waals surface area contributed by atoms with Crippen LogP contribution in [-0.4, -0.2) is 69.4 Å². The first kappa shape index (κ1) is 26.8. The average molecular weight is 532 g/mol. The summed E-state index contributed by atoms with van der Waals surface area (Å²) in [7, 11) is 1.60. The van der Waals surface area contributed by atoms with Crippen LogP contribution < -0.4 is 10.1 Å². The smallest absolute Gasteiger partial charge is 0.278 e. The first-order valence-electron chi connectivity index (χ1n) is 12.4. The number of ether oxygens (including phenoxy) is 1. The molecular weight excluding hydrogens is 498 g/mol. The largest absolute Gasteiger partial charge is 0.464 e. The van der Waals surface area contributed by atoms with Gasteiger partial charge >= 0.3 is 0 Å². The number of alkyl halides is 3. The van der Waals surface area contributed by atoms with Crippen LogP contribution in [0.25, 0.3) is 0 Å². The molecule has 36 heavy (non-hydrogen) atoms. The second-order valence-electron chi connectivity index (χ2n) is 10.1. The number of hydrogen-bond acceptors (Lipinski definition) is 6. The van der Waals surface area contributed by atoms with E-state index in [0.29, 0.717) is 45.1 Å². The van der Waals surface area contributed by atoms with Gasteiger partial charge in [-0.05, 0) is 38.5 Å². The predicted molar refractivity (Wildman–Crippen MR) is 128 cm³/mol. The second-order valence-corrected chi connectivity index (χ2v) is 11.1. The number of nitrogens with one attached hydrogen (secondary N) is 1. The molecular formula is C24H33F4N5O2S. The van der Waals surface area contributed by atoms with E-state index in [1.165, 1.54) is 22.2 Å². The molecule has 1 amide bonds. The van der Waals surface area contributed by atoms with Gasteiger partial charge in [-0.2, -0.15) is 4.39 Å². The molecule has 3 heterocycles. The molecule has 0 unspecified atom stereocenters. The van der Waals surface area contributed by atoms with Crippen molar-refractivity contribution in [2.75, 3.05) is 26.2 Å². The quantitative estimate of drug-likeness (QED) is 0.498. The number of carbonyl (C=O) groups is 1. The topological polar surface area (TPSA) is 72.3 Å². The third-order valence-electron chi connectivity index (χ3n) is 6.85. The number of hydrogen-bond donors (Lipinski definition) is 1. The van der Waals surface area contributed by atoms with E-state index >= 15 is 4.39 Å². The van der Waals surface area contributed by atoms with Gasteiger partial charge in [-0.1, -0.05) is 11.3 Å². The lowest BCUT2D eigenvalue weighted by molar-refractivity contribution is -0.121. The second kappa shape index (κ2) is 11.0. The van der Waals surface area contributed by atoms with E-state index in [-0.39, 0.29) is 29.1 Å². The van der Waals surface area contributed by atoms with Gasteiger partial charge in [0.05, 0.1) is 12.1 Å². The van der Waals surface area contributed by atoms with Crippen LogP contribution in [0.5, 0.6) is 5.19 Å². The lowest BCUT2D eigenvalue weighted by Crippen LogP contribution is -2.43. The van der Waals surface area contributed by atoms with E-state index in [4.69, 9.17) is 4.74 Å². The Morgan fingerprint density at radius 1 is 1.31 bits per heavy atom. The minimum Gasteiger partial charge on any atom is -0.464 e. The molecule has 0 radical (unpaired) electrons. The number of nitrogens with zero attached hydrogens (tertiary/aromatic N) is 4. The fraction of sp³-hybridized carbons (Fsp3) is 0.708. The normalized spacial score (nSPS) is 23.2. The summed E-state index contributed by atoms with van der Waals surface area (Å²) in [5.74, 6) is -3.82. The van der Waals surface area contributed by atoms with Crippen LogP contribution >= 0.6 is 11.3 Å². The molecule has 2 aromatic heterocycles. The number of aryl methyl sites for hydroxylation is 1. The lowest BCUT2D eigenvalue weighted by atomic mass is 9.81. The minimum atomic E-state index is -2.90. The third-order valence-corrected chi connectivity index (χ3v) is 7.92. The highest BCUT2D eigenvalue weighted by Gasteiger charge is 2.36.